The average Bonchev–Trinajstić information content (AvgIpc) is 2.89. The van der Waals surface area contributed by atoms with Crippen molar-refractivity contribution in [3.05, 3.63) is 82.9 Å². The van der Waals surface area contributed by atoms with Crippen molar-refractivity contribution in [3.8, 4) is 0 Å². The van der Waals surface area contributed by atoms with E-state index in [2.05, 4.69) is 0 Å². The summed E-state index contributed by atoms with van der Waals surface area (Å²) in [5.41, 5.74) is 12.7. The van der Waals surface area contributed by atoms with Crippen LogP contribution >= 0.6 is 11.6 Å². The molecule has 37 heavy (non-hydrogen) atoms. The van der Waals surface area contributed by atoms with Gasteiger partial charge in [-0.25, -0.2) is 0 Å². The molecule has 4 rings (SSSR count). The maximum absolute atomic E-state index is 13.7. The number of nitrogens with two attached hydrogens (primary N) is 2. The summed E-state index contributed by atoms with van der Waals surface area (Å²) in [4.78, 5) is 42.9. The molecule has 0 bridgehead atoms. The molecule has 0 saturated carbocycles. The van der Waals surface area contributed by atoms with Crippen LogP contribution in [-0.2, 0) is 27.2 Å². The number of hydrogen-bond donors (Lipinski definition) is 2. The van der Waals surface area contributed by atoms with Gasteiger partial charge in [0.2, 0.25) is 17.7 Å². The molecule has 1 fully saturated rings. The molecular weight excluding hydrogens is 488 g/mol. The molecule has 0 spiro atoms. The van der Waals surface area contributed by atoms with Crippen LogP contribution in [0, 0.1) is 0 Å². The molecule has 1 saturated heterocycles. The Kier molecular flexibility index (Phi) is 7.85. The number of hydrogen-bond acceptors (Lipinski definition) is 4. The van der Waals surface area contributed by atoms with Crippen molar-refractivity contribution in [1.82, 2.24) is 9.80 Å². The number of fused-ring (bicyclic) bond motifs is 1. The van der Waals surface area contributed by atoms with Crippen LogP contribution in [0.4, 0.5) is 0 Å². The molecule has 8 heteroatoms. The first kappa shape index (κ1) is 26.6. The molecule has 3 atom stereocenters. The monoisotopic (exact) mass is 520 g/mol. The number of amides is 3. The fraction of sp³-hybridized carbons (Fsp3) is 0.345. The van der Waals surface area contributed by atoms with Crippen molar-refractivity contribution in [1.29, 1.82) is 0 Å². The fourth-order valence-corrected chi connectivity index (χ4v) is 5.30. The minimum absolute atomic E-state index is 0.196. The van der Waals surface area contributed by atoms with Crippen molar-refractivity contribution in [2.24, 2.45) is 11.5 Å². The number of benzene rings is 3. The summed E-state index contributed by atoms with van der Waals surface area (Å²) in [5, 5.41) is 2.75. The number of carbonyl (C=O) groups excluding carboxylic acids is 3. The van der Waals surface area contributed by atoms with Crippen LogP contribution in [0.5, 0.6) is 0 Å². The Morgan fingerprint density at radius 2 is 1.68 bits per heavy atom. The van der Waals surface area contributed by atoms with Gasteiger partial charge in [0.25, 0.3) is 0 Å². The van der Waals surface area contributed by atoms with Crippen molar-refractivity contribution in [3.63, 3.8) is 0 Å². The van der Waals surface area contributed by atoms with Crippen molar-refractivity contribution in [2.75, 3.05) is 13.1 Å². The number of piperazine rings is 1. The minimum Gasteiger partial charge on any atom is -0.368 e. The van der Waals surface area contributed by atoms with E-state index in [9.17, 15) is 14.4 Å². The molecule has 1 heterocycles. The van der Waals surface area contributed by atoms with Gasteiger partial charge in [-0.15, -0.1) is 0 Å². The van der Waals surface area contributed by atoms with Crippen molar-refractivity contribution < 1.29 is 14.4 Å². The van der Waals surface area contributed by atoms with E-state index in [0.717, 1.165) is 21.9 Å². The highest BCUT2D eigenvalue weighted by Gasteiger charge is 2.47. The van der Waals surface area contributed by atoms with E-state index in [1.807, 2.05) is 61.5 Å². The highest BCUT2D eigenvalue weighted by molar-refractivity contribution is 6.30. The van der Waals surface area contributed by atoms with Gasteiger partial charge in [0.15, 0.2) is 0 Å². The zero-order valence-corrected chi connectivity index (χ0v) is 21.9. The Balaban J connectivity index is 1.53. The second-order valence-corrected chi connectivity index (χ2v) is 10.3. The Morgan fingerprint density at radius 1 is 1.03 bits per heavy atom. The number of rotatable bonds is 8. The summed E-state index contributed by atoms with van der Waals surface area (Å²) in [6.45, 7) is 4.03. The van der Waals surface area contributed by atoms with Crippen molar-refractivity contribution in [2.45, 2.75) is 50.7 Å². The van der Waals surface area contributed by atoms with Gasteiger partial charge in [0, 0.05) is 24.5 Å². The molecular formula is C29H33ClN4O3. The first-order chi connectivity index (χ1) is 17.6. The third kappa shape index (κ3) is 5.48. The predicted octanol–water partition coefficient (Wildman–Crippen LogP) is 3.30. The zero-order valence-electron chi connectivity index (χ0n) is 21.2. The molecule has 0 aromatic heterocycles. The lowest BCUT2D eigenvalue weighted by molar-refractivity contribution is -0.160. The van der Waals surface area contributed by atoms with E-state index in [1.165, 1.54) is 0 Å². The van der Waals surface area contributed by atoms with Gasteiger partial charge in [0.1, 0.15) is 11.6 Å². The van der Waals surface area contributed by atoms with Gasteiger partial charge in [-0.05, 0) is 53.8 Å². The lowest BCUT2D eigenvalue weighted by Gasteiger charge is -2.47. The van der Waals surface area contributed by atoms with E-state index in [0.29, 0.717) is 17.9 Å². The average molecular weight is 521 g/mol. The molecule has 7 nitrogen and oxygen atoms in total. The zero-order chi connectivity index (χ0) is 26.7. The topological polar surface area (TPSA) is 110 Å². The van der Waals surface area contributed by atoms with E-state index < -0.39 is 23.5 Å². The van der Waals surface area contributed by atoms with Crippen LogP contribution in [0.1, 0.15) is 31.4 Å². The lowest BCUT2D eigenvalue weighted by Crippen LogP contribution is -2.69. The number of carbonyl (C=O) groups is 3. The van der Waals surface area contributed by atoms with Crippen LogP contribution in [0.15, 0.2) is 66.7 Å². The summed E-state index contributed by atoms with van der Waals surface area (Å²) in [6.07, 6.45) is 1.01. The summed E-state index contributed by atoms with van der Waals surface area (Å²) >= 11 is 5.95. The number of halogens is 1. The SMILES string of the molecule is CCC1C(=O)N(C(C)(Cc2ccc3ccccc3c2)C(N)=O)CCN1C(=O)C(N)Cc1ccc(Cl)cc1. The fourth-order valence-electron chi connectivity index (χ4n) is 5.17. The molecule has 4 N–H and O–H groups in total. The van der Waals surface area contributed by atoms with Gasteiger partial charge in [-0.2, -0.15) is 0 Å². The smallest absolute Gasteiger partial charge is 0.246 e. The molecule has 3 unspecified atom stereocenters. The number of nitrogens with zero attached hydrogens (tertiary/aromatic N) is 2. The van der Waals surface area contributed by atoms with Gasteiger partial charge in [-0.1, -0.05) is 73.1 Å². The maximum Gasteiger partial charge on any atom is 0.246 e. The third-order valence-electron chi connectivity index (χ3n) is 7.34. The number of primary amides is 1. The van der Waals surface area contributed by atoms with Gasteiger partial charge >= 0.3 is 0 Å². The normalized spacial score (nSPS) is 18.5. The van der Waals surface area contributed by atoms with Gasteiger partial charge in [-0.3, -0.25) is 14.4 Å². The summed E-state index contributed by atoms with van der Waals surface area (Å²) in [6, 6.07) is 19.6. The van der Waals surface area contributed by atoms with Crippen molar-refractivity contribution >= 4 is 40.1 Å². The first-order valence-corrected chi connectivity index (χ1v) is 12.9. The Labute approximate surface area is 222 Å². The molecule has 1 aliphatic rings. The van der Waals surface area contributed by atoms with Gasteiger partial charge in [0.05, 0.1) is 6.04 Å². The second kappa shape index (κ2) is 10.9. The van der Waals surface area contributed by atoms with E-state index in [-0.39, 0.29) is 31.3 Å². The molecule has 0 radical (unpaired) electrons. The Morgan fingerprint density at radius 3 is 2.32 bits per heavy atom. The standard InChI is InChI=1S/C29H33ClN4O3/c1-3-25-27(36)34(15-14-33(25)26(35)24(31)17-19-9-12-23(30)13-10-19)29(2,28(32)37)18-20-8-11-21-6-4-5-7-22(21)16-20/h4-13,16,24-25H,3,14-15,17-18,31H2,1-2H3,(H2,32,37). The van der Waals surface area contributed by atoms with E-state index in [4.69, 9.17) is 23.1 Å². The first-order valence-electron chi connectivity index (χ1n) is 12.5. The molecule has 0 aliphatic carbocycles. The van der Waals surface area contributed by atoms with Gasteiger partial charge < -0.3 is 21.3 Å². The predicted molar refractivity (Wildman–Crippen MR) is 146 cm³/mol. The lowest BCUT2D eigenvalue weighted by atomic mass is 9.87. The Hall–Kier alpha value is -3.42. The quantitative estimate of drug-likeness (QED) is 0.475. The van der Waals surface area contributed by atoms with E-state index >= 15 is 0 Å². The van der Waals surface area contributed by atoms with Crippen LogP contribution in [0.25, 0.3) is 10.8 Å². The Bertz CT molecular complexity index is 1310. The summed E-state index contributed by atoms with van der Waals surface area (Å²) in [7, 11) is 0. The maximum atomic E-state index is 13.7. The molecule has 1 aliphatic heterocycles. The highest BCUT2D eigenvalue weighted by Crippen LogP contribution is 2.28. The molecule has 3 amide bonds. The highest BCUT2D eigenvalue weighted by atomic mass is 35.5. The second-order valence-electron chi connectivity index (χ2n) is 9.88. The molecule has 194 valence electrons. The van der Waals surface area contributed by atoms with Crippen LogP contribution in [0.2, 0.25) is 5.02 Å². The minimum atomic E-state index is -1.24. The summed E-state index contributed by atoms with van der Waals surface area (Å²) in [5.74, 6) is -1.16. The summed E-state index contributed by atoms with van der Waals surface area (Å²) < 4.78 is 0. The van der Waals surface area contributed by atoms with E-state index in [1.54, 1.807) is 28.9 Å². The van der Waals surface area contributed by atoms with Crippen LogP contribution in [-0.4, -0.2) is 58.2 Å². The third-order valence-corrected chi connectivity index (χ3v) is 7.59. The van der Waals surface area contributed by atoms with Crippen LogP contribution in [0.3, 0.4) is 0 Å². The molecule has 3 aromatic rings. The largest absolute Gasteiger partial charge is 0.368 e. The molecule has 3 aromatic carbocycles. The van der Waals surface area contributed by atoms with Crippen LogP contribution < -0.4 is 11.5 Å².